The molecule has 162 valence electrons. The van der Waals surface area contributed by atoms with E-state index in [2.05, 4.69) is 9.97 Å². The topological polar surface area (TPSA) is 105 Å². The number of nitro groups is 1. The predicted octanol–water partition coefficient (Wildman–Crippen LogP) is 5.00. The summed E-state index contributed by atoms with van der Waals surface area (Å²) < 4.78 is 18.9. The molecule has 0 aliphatic carbocycles. The van der Waals surface area contributed by atoms with Crippen LogP contribution in [0.2, 0.25) is 5.02 Å². The predicted molar refractivity (Wildman–Crippen MR) is 116 cm³/mol. The quantitative estimate of drug-likeness (QED) is 0.299. The fraction of sp³-hybridized carbons (Fsp3) is 0.182. The fourth-order valence-electron chi connectivity index (χ4n) is 3.45. The van der Waals surface area contributed by atoms with E-state index in [0.29, 0.717) is 28.9 Å². The minimum absolute atomic E-state index is 0.223. The molecule has 0 bridgehead atoms. The molecule has 4 aromatic rings. The Bertz CT molecular complexity index is 1260. The highest BCUT2D eigenvalue weighted by molar-refractivity contribution is 6.30. The van der Waals surface area contributed by atoms with Crippen LogP contribution in [-0.4, -0.2) is 31.7 Å². The van der Waals surface area contributed by atoms with Crippen molar-refractivity contribution in [3.8, 4) is 34.5 Å². The van der Waals surface area contributed by atoms with E-state index < -0.39 is 10.5 Å². The van der Waals surface area contributed by atoms with Crippen LogP contribution in [0.5, 0.6) is 11.8 Å². The first-order valence-corrected chi connectivity index (χ1v) is 10.1. The van der Waals surface area contributed by atoms with E-state index >= 15 is 0 Å². The summed E-state index contributed by atoms with van der Waals surface area (Å²) in [7, 11) is 0. The van der Waals surface area contributed by atoms with E-state index in [4.69, 9.17) is 25.5 Å². The molecule has 5 rings (SSSR count). The summed E-state index contributed by atoms with van der Waals surface area (Å²) in [5.41, 5.74) is 1.77. The zero-order valence-corrected chi connectivity index (χ0v) is 17.7. The van der Waals surface area contributed by atoms with E-state index in [1.165, 1.54) is 6.20 Å². The monoisotopic (exact) mass is 452 g/mol. The smallest absolute Gasteiger partial charge is 0.415 e. The first-order valence-electron chi connectivity index (χ1n) is 9.74. The lowest BCUT2D eigenvalue weighted by Crippen LogP contribution is -2.38. The number of nitrogens with zero attached hydrogens (tertiary/aromatic N) is 4. The standard InChI is InChI=1S/C22H17ClN4O5/c1-22(12-26-10-19(27(28)29)25-21(26)32-22)13-31-17-8-4-14(5-9-17)18-11-30-20(24-18)15-2-6-16(23)7-3-15/h2-11H,12-13H2,1H3/t22-/m0/s1. The van der Waals surface area contributed by atoms with Crippen molar-refractivity contribution in [2.24, 2.45) is 0 Å². The number of imidazole rings is 1. The second-order valence-corrected chi connectivity index (χ2v) is 8.11. The summed E-state index contributed by atoms with van der Waals surface area (Å²) in [5, 5.41) is 11.5. The zero-order chi connectivity index (χ0) is 22.3. The minimum atomic E-state index is -0.671. The normalized spacial score (nSPS) is 17.1. The largest absolute Gasteiger partial charge is 0.489 e. The van der Waals surface area contributed by atoms with Crippen molar-refractivity contribution in [1.82, 2.24) is 14.5 Å². The van der Waals surface area contributed by atoms with Crippen molar-refractivity contribution in [3.63, 3.8) is 0 Å². The third kappa shape index (κ3) is 3.90. The molecule has 0 spiro atoms. The van der Waals surface area contributed by atoms with Gasteiger partial charge in [0.2, 0.25) is 5.89 Å². The molecule has 2 aromatic heterocycles. The first-order chi connectivity index (χ1) is 15.4. The van der Waals surface area contributed by atoms with Gasteiger partial charge in [0.15, 0.2) is 5.60 Å². The summed E-state index contributed by atoms with van der Waals surface area (Å²) in [5.74, 6) is 0.946. The molecule has 0 amide bonds. The third-order valence-corrected chi connectivity index (χ3v) is 5.30. The van der Waals surface area contributed by atoms with E-state index in [1.807, 2.05) is 43.3 Å². The summed E-state index contributed by atoms with van der Waals surface area (Å²) in [6.07, 6.45) is 2.97. The number of hydrogen-bond donors (Lipinski definition) is 0. The van der Waals surface area contributed by atoms with Crippen molar-refractivity contribution in [2.45, 2.75) is 19.1 Å². The first kappa shape index (κ1) is 20.1. The Balaban J connectivity index is 1.22. The van der Waals surface area contributed by atoms with Gasteiger partial charge in [-0.05, 0) is 60.4 Å². The summed E-state index contributed by atoms with van der Waals surface area (Å²) in [4.78, 5) is 18.7. The zero-order valence-electron chi connectivity index (χ0n) is 16.9. The number of benzene rings is 2. The van der Waals surface area contributed by atoms with Crippen LogP contribution in [0.25, 0.3) is 22.7 Å². The second kappa shape index (κ2) is 7.69. The summed E-state index contributed by atoms with van der Waals surface area (Å²) in [6.45, 7) is 2.54. The van der Waals surface area contributed by atoms with Crippen LogP contribution in [0.4, 0.5) is 5.82 Å². The van der Waals surface area contributed by atoms with Gasteiger partial charge < -0.3 is 24.0 Å². The molecular weight excluding hydrogens is 436 g/mol. The molecule has 0 fully saturated rings. The number of oxazole rings is 1. The van der Waals surface area contributed by atoms with E-state index in [-0.39, 0.29) is 18.4 Å². The molecule has 1 atom stereocenters. The third-order valence-electron chi connectivity index (χ3n) is 5.05. The molecule has 0 radical (unpaired) electrons. The number of halogens is 1. The van der Waals surface area contributed by atoms with Crippen LogP contribution in [-0.2, 0) is 6.54 Å². The van der Waals surface area contributed by atoms with E-state index in [0.717, 1.165) is 11.1 Å². The van der Waals surface area contributed by atoms with Crippen LogP contribution in [0.15, 0.2) is 65.4 Å². The Labute approximate surface area is 187 Å². The van der Waals surface area contributed by atoms with Gasteiger partial charge >= 0.3 is 11.8 Å². The van der Waals surface area contributed by atoms with Crippen molar-refractivity contribution in [1.29, 1.82) is 0 Å². The molecular formula is C22H17ClN4O5. The number of fused-ring (bicyclic) bond motifs is 1. The van der Waals surface area contributed by atoms with Crippen molar-refractivity contribution >= 4 is 17.4 Å². The molecule has 1 aliphatic heterocycles. The molecule has 0 saturated heterocycles. The number of aromatic nitrogens is 3. The SMILES string of the molecule is C[C@@]1(COc2ccc(-c3coc(-c4ccc(Cl)cc4)n3)cc2)Cn2cc([N+](=O)[O-])nc2O1. The fourth-order valence-corrected chi connectivity index (χ4v) is 3.57. The lowest BCUT2D eigenvalue weighted by atomic mass is 10.1. The Kier molecular flexibility index (Phi) is 4.82. The van der Waals surface area contributed by atoms with Crippen molar-refractivity contribution in [3.05, 3.63) is 76.1 Å². The number of rotatable bonds is 6. The summed E-state index contributed by atoms with van der Waals surface area (Å²) in [6, 6.07) is 15.0. The van der Waals surface area contributed by atoms with E-state index in [1.54, 1.807) is 23.0 Å². The van der Waals surface area contributed by atoms with Gasteiger partial charge in [0.1, 0.15) is 30.5 Å². The minimum Gasteiger partial charge on any atom is -0.489 e. The molecule has 1 aliphatic rings. The average Bonchev–Trinajstić information content (AvgIpc) is 3.47. The highest BCUT2D eigenvalue weighted by Gasteiger charge is 2.41. The molecule has 0 N–H and O–H groups in total. The Hall–Kier alpha value is -3.85. The second-order valence-electron chi connectivity index (χ2n) is 7.68. The lowest BCUT2D eigenvalue weighted by molar-refractivity contribution is -0.389. The Morgan fingerprint density at radius 3 is 2.56 bits per heavy atom. The van der Waals surface area contributed by atoms with Gasteiger partial charge in [0.25, 0.3) is 0 Å². The highest BCUT2D eigenvalue weighted by Crippen LogP contribution is 2.32. The maximum absolute atomic E-state index is 10.8. The van der Waals surface area contributed by atoms with Gasteiger partial charge in [-0.25, -0.2) is 4.98 Å². The van der Waals surface area contributed by atoms with Gasteiger partial charge in [-0.2, -0.15) is 0 Å². The Morgan fingerprint density at radius 2 is 1.88 bits per heavy atom. The van der Waals surface area contributed by atoms with E-state index in [9.17, 15) is 10.1 Å². The maximum atomic E-state index is 10.8. The molecule has 2 aromatic carbocycles. The molecule has 32 heavy (non-hydrogen) atoms. The van der Waals surface area contributed by atoms with Crippen LogP contribution < -0.4 is 9.47 Å². The number of ether oxygens (including phenoxy) is 2. The Morgan fingerprint density at radius 1 is 1.16 bits per heavy atom. The highest BCUT2D eigenvalue weighted by atomic mass is 35.5. The molecule has 9 nitrogen and oxygen atoms in total. The lowest BCUT2D eigenvalue weighted by Gasteiger charge is -2.22. The van der Waals surface area contributed by atoms with Crippen LogP contribution in [0.1, 0.15) is 6.92 Å². The molecule has 3 heterocycles. The van der Waals surface area contributed by atoms with Gasteiger partial charge in [-0.15, -0.1) is 0 Å². The van der Waals surface area contributed by atoms with Crippen LogP contribution >= 0.6 is 11.6 Å². The van der Waals surface area contributed by atoms with Gasteiger partial charge in [-0.3, -0.25) is 4.57 Å². The maximum Gasteiger partial charge on any atom is 0.415 e. The van der Waals surface area contributed by atoms with Gasteiger partial charge in [0, 0.05) is 21.1 Å². The molecule has 0 saturated carbocycles. The van der Waals surface area contributed by atoms with Crippen molar-refractivity contribution in [2.75, 3.05) is 6.61 Å². The average molecular weight is 453 g/mol. The molecule has 0 unspecified atom stereocenters. The van der Waals surface area contributed by atoms with Crippen molar-refractivity contribution < 1.29 is 18.8 Å². The van der Waals surface area contributed by atoms with Gasteiger partial charge in [0.05, 0.1) is 6.54 Å². The molecule has 10 heteroatoms. The summed E-state index contributed by atoms with van der Waals surface area (Å²) >= 11 is 5.93. The van der Waals surface area contributed by atoms with Crippen LogP contribution in [0, 0.1) is 10.1 Å². The van der Waals surface area contributed by atoms with Gasteiger partial charge in [-0.1, -0.05) is 11.6 Å². The van der Waals surface area contributed by atoms with Crippen LogP contribution in [0.3, 0.4) is 0 Å². The number of hydrogen-bond acceptors (Lipinski definition) is 7.